The number of hydrogen-bond acceptors (Lipinski definition) is 2. The molecule has 0 aliphatic carbocycles. The molecule has 0 bridgehead atoms. The summed E-state index contributed by atoms with van der Waals surface area (Å²) in [7, 11) is 0. The van der Waals surface area contributed by atoms with Crippen LogP contribution in [0, 0.1) is 0 Å². The Kier molecular flexibility index (Phi) is 2.48. The van der Waals surface area contributed by atoms with Crippen LogP contribution in [0.2, 0.25) is 0 Å². The van der Waals surface area contributed by atoms with Gasteiger partial charge in [-0.1, -0.05) is 6.08 Å². The summed E-state index contributed by atoms with van der Waals surface area (Å²) >= 11 is 1.96. The Morgan fingerprint density at radius 2 is 2.07 bits per heavy atom. The molecule has 14 heavy (non-hydrogen) atoms. The largest absolute Gasteiger partial charge is 0.346 e. The Balaban J connectivity index is 2.43. The summed E-state index contributed by atoms with van der Waals surface area (Å²) in [6, 6.07) is 0.557. The van der Waals surface area contributed by atoms with E-state index in [1.807, 2.05) is 11.8 Å². The van der Waals surface area contributed by atoms with Gasteiger partial charge in [-0.3, -0.25) is 0 Å². The minimum atomic E-state index is 0.557. The average Bonchev–Trinajstić information content (AvgIpc) is 2.50. The van der Waals surface area contributed by atoms with Crippen LogP contribution in [0.3, 0.4) is 0 Å². The third-order valence-corrected chi connectivity index (χ3v) is 3.90. The number of rotatable bonds is 1. The molecule has 2 aliphatic heterocycles. The lowest BCUT2D eigenvalue weighted by Gasteiger charge is -2.34. The van der Waals surface area contributed by atoms with E-state index >= 15 is 0 Å². The lowest BCUT2D eigenvalue weighted by Crippen LogP contribution is -2.30. The van der Waals surface area contributed by atoms with Gasteiger partial charge < -0.3 is 4.90 Å². The van der Waals surface area contributed by atoms with Crippen molar-refractivity contribution < 1.29 is 0 Å². The summed E-state index contributed by atoms with van der Waals surface area (Å²) in [5, 5.41) is 0. The molecule has 0 amide bonds. The Morgan fingerprint density at radius 1 is 1.36 bits per heavy atom. The van der Waals surface area contributed by atoms with Gasteiger partial charge in [0.25, 0.3) is 0 Å². The minimum absolute atomic E-state index is 0.557. The lowest BCUT2D eigenvalue weighted by atomic mass is 10.1. The molecule has 1 nitrogen and oxygen atoms in total. The van der Waals surface area contributed by atoms with Gasteiger partial charge in [0.05, 0.1) is 0 Å². The average molecular weight is 207 g/mol. The molecule has 0 aromatic carbocycles. The van der Waals surface area contributed by atoms with Gasteiger partial charge in [0.15, 0.2) is 0 Å². The van der Waals surface area contributed by atoms with E-state index in [9.17, 15) is 0 Å². The van der Waals surface area contributed by atoms with Gasteiger partial charge in [0.1, 0.15) is 0 Å². The first-order valence-electron chi connectivity index (χ1n) is 5.13. The van der Waals surface area contributed by atoms with Crippen LogP contribution in [0.1, 0.15) is 27.7 Å². The zero-order valence-corrected chi connectivity index (χ0v) is 10.1. The molecule has 2 heterocycles. The van der Waals surface area contributed by atoms with E-state index in [0.29, 0.717) is 6.04 Å². The Labute approximate surface area is 90.6 Å². The molecule has 0 N–H and O–H groups in total. The molecule has 0 saturated carbocycles. The summed E-state index contributed by atoms with van der Waals surface area (Å²) in [5.74, 6) is 1.14. The van der Waals surface area contributed by atoms with Crippen molar-refractivity contribution in [2.75, 3.05) is 5.75 Å². The van der Waals surface area contributed by atoms with Crippen LogP contribution in [0.15, 0.2) is 34.0 Å². The molecule has 0 atom stereocenters. The number of allylic oxidation sites excluding steroid dienone is 4. The van der Waals surface area contributed by atoms with Crippen molar-refractivity contribution in [3.63, 3.8) is 0 Å². The Bertz CT molecular complexity index is 347. The van der Waals surface area contributed by atoms with Crippen LogP contribution in [0.5, 0.6) is 0 Å². The number of thioether (sulfide) groups is 1. The maximum absolute atomic E-state index is 2.42. The van der Waals surface area contributed by atoms with E-state index < -0.39 is 0 Å². The first-order chi connectivity index (χ1) is 6.61. The van der Waals surface area contributed by atoms with Crippen molar-refractivity contribution in [3.8, 4) is 0 Å². The predicted octanol–water partition coefficient (Wildman–Crippen LogP) is 3.52. The highest BCUT2D eigenvalue weighted by Gasteiger charge is 2.24. The number of fused-ring (bicyclic) bond motifs is 1. The second-order valence-corrected chi connectivity index (χ2v) is 5.16. The van der Waals surface area contributed by atoms with Gasteiger partial charge >= 0.3 is 0 Å². The van der Waals surface area contributed by atoms with Crippen molar-refractivity contribution in [2.24, 2.45) is 0 Å². The normalized spacial score (nSPS) is 21.4. The summed E-state index contributed by atoms with van der Waals surface area (Å²) in [5.41, 5.74) is 4.23. The SMILES string of the molecule is CC1=CC2=CCSC2=C(C)N1C(C)C. The van der Waals surface area contributed by atoms with E-state index in [4.69, 9.17) is 0 Å². The molecule has 0 aromatic rings. The second-order valence-electron chi connectivity index (χ2n) is 4.13. The van der Waals surface area contributed by atoms with Crippen LogP contribution in [-0.4, -0.2) is 16.7 Å². The summed E-state index contributed by atoms with van der Waals surface area (Å²) in [4.78, 5) is 3.90. The zero-order valence-electron chi connectivity index (χ0n) is 9.29. The highest BCUT2D eigenvalue weighted by Crippen LogP contribution is 2.41. The quantitative estimate of drug-likeness (QED) is 0.647. The van der Waals surface area contributed by atoms with E-state index in [2.05, 4.69) is 44.7 Å². The molecule has 0 radical (unpaired) electrons. The fourth-order valence-corrected chi connectivity index (χ4v) is 3.34. The smallest absolute Gasteiger partial charge is 0.0338 e. The molecular weight excluding hydrogens is 190 g/mol. The van der Waals surface area contributed by atoms with E-state index in [1.54, 1.807) is 0 Å². The van der Waals surface area contributed by atoms with Crippen LogP contribution in [0.4, 0.5) is 0 Å². The van der Waals surface area contributed by atoms with Crippen molar-refractivity contribution in [1.29, 1.82) is 0 Å². The minimum Gasteiger partial charge on any atom is -0.346 e. The standard InChI is InChI=1S/C12H17NS/c1-8(2)13-9(3)7-11-5-6-14-12(11)10(13)4/h5,7-8H,6H2,1-4H3. The fraction of sp³-hybridized carbons (Fsp3) is 0.500. The van der Waals surface area contributed by atoms with Crippen molar-refractivity contribution in [2.45, 2.75) is 33.7 Å². The maximum Gasteiger partial charge on any atom is 0.0338 e. The van der Waals surface area contributed by atoms with Gasteiger partial charge in [-0.2, -0.15) is 0 Å². The molecule has 0 unspecified atom stereocenters. The van der Waals surface area contributed by atoms with Crippen molar-refractivity contribution >= 4 is 11.8 Å². The molecule has 0 aromatic heterocycles. The highest BCUT2D eigenvalue weighted by atomic mass is 32.2. The summed E-state index contributed by atoms with van der Waals surface area (Å²) in [6.07, 6.45) is 4.63. The third kappa shape index (κ3) is 1.42. The first kappa shape index (κ1) is 9.91. The van der Waals surface area contributed by atoms with Gasteiger partial charge in [0, 0.05) is 28.1 Å². The van der Waals surface area contributed by atoms with E-state index in [-0.39, 0.29) is 0 Å². The van der Waals surface area contributed by atoms with E-state index in [0.717, 1.165) is 5.75 Å². The van der Waals surface area contributed by atoms with Gasteiger partial charge in [-0.15, -0.1) is 11.8 Å². The number of nitrogens with zero attached hydrogens (tertiary/aromatic N) is 1. The fourth-order valence-electron chi connectivity index (χ4n) is 2.29. The van der Waals surface area contributed by atoms with Crippen LogP contribution in [-0.2, 0) is 0 Å². The Hall–Kier alpha value is -0.630. The molecular formula is C12H17NS. The monoisotopic (exact) mass is 207 g/mol. The summed E-state index contributed by atoms with van der Waals surface area (Å²) in [6.45, 7) is 8.92. The Morgan fingerprint density at radius 3 is 2.71 bits per heavy atom. The van der Waals surface area contributed by atoms with Crippen molar-refractivity contribution in [3.05, 3.63) is 34.0 Å². The molecule has 2 aliphatic rings. The van der Waals surface area contributed by atoms with Crippen molar-refractivity contribution in [1.82, 2.24) is 4.90 Å². The predicted molar refractivity (Wildman–Crippen MR) is 64.0 cm³/mol. The van der Waals surface area contributed by atoms with Gasteiger partial charge in [0.2, 0.25) is 0 Å². The van der Waals surface area contributed by atoms with Gasteiger partial charge in [-0.05, 0) is 39.3 Å². The second kappa shape index (κ2) is 3.50. The molecule has 2 heteroatoms. The van der Waals surface area contributed by atoms with E-state index in [1.165, 1.54) is 21.9 Å². The third-order valence-electron chi connectivity index (χ3n) is 2.74. The van der Waals surface area contributed by atoms with Gasteiger partial charge in [-0.25, -0.2) is 0 Å². The highest BCUT2D eigenvalue weighted by molar-refractivity contribution is 8.03. The molecule has 76 valence electrons. The topological polar surface area (TPSA) is 3.24 Å². The molecule has 0 saturated heterocycles. The van der Waals surface area contributed by atoms with Crippen LogP contribution < -0.4 is 0 Å². The summed E-state index contributed by atoms with van der Waals surface area (Å²) < 4.78 is 0. The number of hydrogen-bond donors (Lipinski definition) is 0. The zero-order chi connectivity index (χ0) is 10.3. The maximum atomic E-state index is 2.42. The first-order valence-corrected chi connectivity index (χ1v) is 6.11. The molecule has 0 fully saturated rings. The molecule has 0 spiro atoms. The van der Waals surface area contributed by atoms with Crippen LogP contribution in [0.25, 0.3) is 0 Å². The lowest BCUT2D eigenvalue weighted by molar-refractivity contribution is 0.350. The van der Waals surface area contributed by atoms with Crippen LogP contribution >= 0.6 is 11.8 Å². The molecule has 2 rings (SSSR count).